The number of carbonyl (C=O) groups is 2. The Morgan fingerprint density at radius 1 is 1.11 bits per heavy atom. The van der Waals surface area contributed by atoms with Crippen molar-refractivity contribution < 1.29 is 24.6 Å². The van der Waals surface area contributed by atoms with Crippen molar-refractivity contribution in [3.63, 3.8) is 0 Å². The van der Waals surface area contributed by atoms with Gasteiger partial charge >= 0.3 is 0 Å². The number of nitrogens with one attached hydrogen (secondary N) is 2. The second-order valence-electron chi connectivity index (χ2n) is 15.2. The Labute approximate surface area is 280 Å². The van der Waals surface area contributed by atoms with E-state index in [1.165, 1.54) is 12.8 Å². The summed E-state index contributed by atoms with van der Waals surface area (Å²) < 4.78 is 0. The van der Waals surface area contributed by atoms with Crippen molar-refractivity contribution in [2.24, 2.45) is 29.1 Å². The van der Waals surface area contributed by atoms with Gasteiger partial charge in [-0.05, 0) is 104 Å². The van der Waals surface area contributed by atoms with Gasteiger partial charge in [0.25, 0.3) is 5.91 Å². The smallest absolute Gasteiger partial charge is 0.251 e. The molecule has 0 spiro atoms. The molecule has 2 aliphatic heterocycles. The fraction of sp³-hybridized carbons (Fsp3) is 0.632. The van der Waals surface area contributed by atoms with Crippen LogP contribution in [0.4, 0.5) is 0 Å². The number of fused-ring (bicyclic) bond motifs is 2. The van der Waals surface area contributed by atoms with E-state index in [2.05, 4.69) is 49.3 Å². The number of likely N-dealkylation sites (N-methyl/N-ethyl adjacent to an activating group) is 1. The average molecular weight is 647 g/mol. The lowest BCUT2D eigenvalue weighted by atomic mass is 9.45. The predicted octanol–water partition coefficient (Wildman–Crippen LogP) is 4.23. The van der Waals surface area contributed by atoms with Gasteiger partial charge in [0.2, 0.25) is 5.91 Å². The van der Waals surface area contributed by atoms with Gasteiger partial charge in [0.05, 0.1) is 19.3 Å². The lowest BCUT2D eigenvalue weighted by molar-refractivity contribution is -0.183. The number of rotatable bonds is 11. The van der Waals surface area contributed by atoms with Crippen molar-refractivity contribution in [2.45, 2.75) is 97.2 Å². The molecule has 5 fully saturated rings. The maximum absolute atomic E-state index is 14.0. The quantitative estimate of drug-likeness (QED) is 0.289. The molecule has 2 amide bonds. The number of hydrogen-bond acceptors (Lipinski definition) is 7. The minimum absolute atomic E-state index is 0.0716. The van der Waals surface area contributed by atoms with Crippen LogP contribution in [0.2, 0.25) is 0 Å². The maximum atomic E-state index is 14.0. The van der Waals surface area contributed by atoms with Crippen LogP contribution < -0.4 is 10.6 Å². The number of aliphatic hydroxyl groups is 2. The fourth-order valence-corrected chi connectivity index (χ4v) is 9.21. The summed E-state index contributed by atoms with van der Waals surface area (Å²) in [7, 11) is 0. The van der Waals surface area contributed by atoms with Gasteiger partial charge in [-0.2, -0.15) is 5.06 Å². The number of carbonyl (C=O) groups excluding carboxylic acids is 2. The number of benzene rings is 2. The molecule has 4 N–H and O–H groups in total. The Morgan fingerprint density at radius 2 is 1.85 bits per heavy atom. The van der Waals surface area contributed by atoms with Crippen LogP contribution in [0.25, 0.3) is 11.1 Å². The van der Waals surface area contributed by atoms with Crippen LogP contribution in [-0.4, -0.2) is 88.6 Å². The number of likely N-dealkylation sites (tertiary alicyclic amines) is 1. The average Bonchev–Trinajstić information content (AvgIpc) is 3.68. The normalized spacial score (nSPS) is 32.5. The molecule has 7 rings (SSSR count). The van der Waals surface area contributed by atoms with E-state index in [0.717, 1.165) is 42.6 Å². The zero-order chi connectivity index (χ0) is 33.5. The third-order valence-electron chi connectivity index (χ3n) is 12.2. The second kappa shape index (κ2) is 14.0. The Kier molecular flexibility index (Phi) is 10.1. The monoisotopic (exact) mass is 646 g/mol. The summed E-state index contributed by atoms with van der Waals surface area (Å²) in [6, 6.07) is 15.4. The maximum Gasteiger partial charge on any atom is 0.251 e. The van der Waals surface area contributed by atoms with E-state index < -0.39 is 24.2 Å². The molecule has 2 aromatic rings. The van der Waals surface area contributed by atoms with Crippen LogP contribution in [-0.2, 0) is 16.2 Å². The van der Waals surface area contributed by atoms with Gasteiger partial charge in [0.1, 0.15) is 12.1 Å². The molecule has 2 aromatic carbocycles. The van der Waals surface area contributed by atoms with Crippen molar-refractivity contribution >= 4 is 11.8 Å². The molecule has 0 unspecified atom stereocenters. The fourth-order valence-electron chi connectivity index (χ4n) is 9.21. The molecule has 9 heteroatoms. The van der Waals surface area contributed by atoms with Crippen molar-refractivity contribution in [2.75, 3.05) is 26.2 Å². The molecule has 2 bridgehead atoms. The molecule has 47 heavy (non-hydrogen) atoms. The molecule has 9 atom stereocenters. The molecular formula is C38H54N4O5. The highest BCUT2D eigenvalue weighted by molar-refractivity contribution is 5.95. The second-order valence-corrected chi connectivity index (χ2v) is 15.2. The number of hydroxylamine groups is 2. The number of aliphatic hydroxyl groups excluding tert-OH is 2. The SMILES string of the molecule is CCN1CCC[C@@H]1CNC(=O)c1cccc(-c2cccc(CN3O[C@@H](CO)[C@@H]([C@H](C)O)[C@H]3C(=O)N[C@H]3C[C@H]4C[C@@H]([C@@H]3C)C4(C)C)c2)c1. The number of nitrogens with zero attached hydrogens (tertiary/aromatic N) is 2. The minimum Gasteiger partial charge on any atom is -0.394 e. The van der Waals surface area contributed by atoms with E-state index in [1.807, 2.05) is 42.5 Å². The van der Waals surface area contributed by atoms with Crippen molar-refractivity contribution in [3.8, 4) is 11.1 Å². The third-order valence-corrected chi connectivity index (χ3v) is 12.2. The van der Waals surface area contributed by atoms with E-state index in [1.54, 1.807) is 12.0 Å². The van der Waals surface area contributed by atoms with E-state index in [0.29, 0.717) is 47.9 Å². The van der Waals surface area contributed by atoms with Gasteiger partial charge in [-0.1, -0.05) is 58.0 Å². The van der Waals surface area contributed by atoms with Gasteiger partial charge < -0.3 is 20.8 Å². The van der Waals surface area contributed by atoms with Crippen LogP contribution in [0.5, 0.6) is 0 Å². The molecule has 2 heterocycles. The highest BCUT2D eigenvalue weighted by Crippen LogP contribution is 2.61. The van der Waals surface area contributed by atoms with Crippen molar-refractivity contribution in [3.05, 3.63) is 59.7 Å². The summed E-state index contributed by atoms with van der Waals surface area (Å²) in [6.45, 7) is 13.5. The molecule has 3 saturated carbocycles. The summed E-state index contributed by atoms with van der Waals surface area (Å²) >= 11 is 0. The Bertz CT molecular complexity index is 1430. The van der Waals surface area contributed by atoms with Gasteiger partial charge in [0, 0.05) is 30.1 Å². The van der Waals surface area contributed by atoms with Gasteiger partial charge in [-0.15, -0.1) is 0 Å². The first kappa shape index (κ1) is 34.1. The number of hydrogen-bond donors (Lipinski definition) is 4. The third kappa shape index (κ3) is 6.75. The minimum atomic E-state index is -0.844. The summed E-state index contributed by atoms with van der Waals surface area (Å²) in [5, 5.41) is 29.1. The van der Waals surface area contributed by atoms with E-state index >= 15 is 0 Å². The van der Waals surface area contributed by atoms with Crippen LogP contribution in [0.1, 0.15) is 76.2 Å². The van der Waals surface area contributed by atoms with E-state index in [4.69, 9.17) is 4.84 Å². The zero-order valence-corrected chi connectivity index (χ0v) is 28.7. The molecule has 256 valence electrons. The van der Waals surface area contributed by atoms with Gasteiger partial charge in [-0.3, -0.25) is 19.3 Å². The molecule has 0 radical (unpaired) electrons. The summed E-state index contributed by atoms with van der Waals surface area (Å²) in [4.78, 5) is 35.7. The first-order chi connectivity index (χ1) is 22.5. The topological polar surface area (TPSA) is 114 Å². The van der Waals surface area contributed by atoms with E-state index in [9.17, 15) is 19.8 Å². The van der Waals surface area contributed by atoms with Gasteiger partial charge in [0.15, 0.2) is 0 Å². The molecule has 5 aliphatic rings. The zero-order valence-electron chi connectivity index (χ0n) is 28.7. The predicted molar refractivity (Wildman–Crippen MR) is 182 cm³/mol. The molecule has 2 saturated heterocycles. The van der Waals surface area contributed by atoms with Crippen LogP contribution in [0.15, 0.2) is 48.5 Å². The largest absolute Gasteiger partial charge is 0.394 e. The first-order valence-corrected chi connectivity index (χ1v) is 17.8. The summed E-state index contributed by atoms with van der Waals surface area (Å²) in [6.07, 6.45) is 2.94. The molecule has 3 aliphatic carbocycles. The van der Waals surface area contributed by atoms with Crippen LogP contribution in [0, 0.1) is 29.1 Å². The molecular weight excluding hydrogens is 592 g/mol. The van der Waals surface area contributed by atoms with Crippen molar-refractivity contribution in [1.29, 1.82) is 0 Å². The van der Waals surface area contributed by atoms with E-state index in [-0.39, 0.29) is 24.5 Å². The Hall–Kier alpha value is -2.82. The van der Waals surface area contributed by atoms with Gasteiger partial charge in [-0.25, -0.2) is 0 Å². The Morgan fingerprint density at radius 3 is 2.53 bits per heavy atom. The first-order valence-electron chi connectivity index (χ1n) is 17.8. The summed E-state index contributed by atoms with van der Waals surface area (Å²) in [5.41, 5.74) is 3.74. The molecule has 9 nitrogen and oxygen atoms in total. The van der Waals surface area contributed by atoms with Crippen LogP contribution >= 0.6 is 0 Å². The summed E-state index contributed by atoms with van der Waals surface area (Å²) in [5.74, 6) is 0.767. The number of amides is 2. The van der Waals surface area contributed by atoms with Crippen LogP contribution in [0.3, 0.4) is 0 Å². The highest BCUT2D eigenvalue weighted by Gasteiger charge is 2.57. The highest BCUT2D eigenvalue weighted by atomic mass is 16.7. The lowest BCUT2D eigenvalue weighted by Crippen LogP contribution is -2.62. The Balaban J connectivity index is 1.16. The lowest BCUT2D eigenvalue weighted by Gasteiger charge is -2.62. The molecule has 0 aromatic heterocycles. The van der Waals surface area contributed by atoms with Crippen molar-refractivity contribution in [1.82, 2.24) is 20.6 Å². The standard InChI is InChI=1S/C38H54N4O5/c1-6-41-15-9-14-30(41)20-39-36(45)28-13-8-12-27(17-28)26-11-7-10-25(16-26)21-42-35(34(24(3)44)33(22-43)47-42)37(46)40-32-19-29-18-31(23(32)2)38(29,4)5/h7-8,10-13,16-17,23-24,29-35,43-44H,6,9,14-15,18-22H2,1-5H3,(H,39,45)(H,40,46)/t23-,24-,29+,30+,31-,32-,33-,34+,35-/m0/s1.